The summed E-state index contributed by atoms with van der Waals surface area (Å²) in [6, 6.07) is 13.5. The van der Waals surface area contributed by atoms with Crippen molar-refractivity contribution >= 4 is 40.6 Å². The van der Waals surface area contributed by atoms with Gasteiger partial charge in [-0.2, -0.15) is 0 Å². The molecule has 5 aromatic rings. The fourth-order valence-corrected chi connectivity index (χ4v) is 4.95. The summed E-state index contributed by atoms with van der Waals surface area (Å²) in [6.45, 7) is 0.552. The number of carbonyl (C=O) groups is 2. The number of nitrogens with zero attached hydrogens (tertiary/aromatic N) is 7. The molecule has 12 heteroatoms. The predicted octanol–water partition coefficient (Wildman–Crippen LogP) is 4.05. The first kappa shape index (κ1) is 24.4. The van der Waals surface area contributed by atoms with E-state index in [1.54, 1.807) is 53.8 Å². The van der Waals surface area contributed by atoms with Crippen molar-refractivity contribution in [1.82, 2.24) is 34.2 Å². The minimum atomic E-state index is -0.308. The highest BCUT2D eigenvalue weighted by Crippen LogP contribution is 2.37. The molecule has 1 aliphatic rings. The number of hydrogen-bond donors (Lipinski definition) is 2. The number of aromatic nitrogens is 6. The number of fused-ring (bicyclic) bond motifs is 1. The van der Waals surface area contributed by atoms with Crippen molar-refractivity contribution in [1.29, 1.82) is 0 Å². The van der Waals surface area contributed by atoms with Crippen LogP contribution < -0.4 is 11.1 Å². The van der Waals surface area contributed by atoms with Crippen LogP contribution in [0.15, 0.2) is 73.4 Å². The molecule has 3 N–H and O–H groups in total. The predicted molar refractivity (Wildman–Crippen MR) is 145 cm³/mol. The number of nitrogens with one attached hydrogen (secondary N) is 1. The summed E-state index contributed by atoms with van der Waals surface area (Å²) in [6.07, 6.45) is 7.80. The minimum absolute atomic E-state index is 0.202. The molecule has 0 unspecified atom stereocenters. The molecule has 0 aliphatic carbocycles. The Labute approximate surface area is 227 Å². The first-order valence-electron chi connectivity index (χ1n) is 12.2. The molecule has 1 aliphatic heterocycles. The van der Waals surface area contributed by atoms with E-state index >= 15 is 0 Å². The monoisotopic (exact) mass is 539 g/mol. The standard InChI is InChI=1S/C27H22ClN9O2/c28-20-14-18(32-15-33-20)27(39)36-12-3-4-19(36)25-35-22(23-24(29)31-11-13-37(23)25)16-6-8-17(9-7-16)26(38)34-21-5-1-2-10-30-21/h1-2,5-11,13-15,19H,3-4,12H2,(H2,29,31)(H,30,34,38)/t19-/m0/s1. The number of hydrogen-bond acceptors (Lipinski definition) is 8. The van der Waals surface area contributed by atoms with Gasteiger partial charge in [0.05, 0.1) is 6.04 Å². The number of halogens is 1. The summed E-state index contributed by atoms with van der Waals surface area (Å²) in [5.74, 6) is 0.918. The number of nitrogens with two attached hydrogens (primary N) is 1. The van der Waals surface area contributed by atoms with E-state index in [1.807, 2.05) is 16.5 Å². The summed E-state index contributed by atoms with van der Waals surface area (Å²) in [4.78, 5) is 49.1. The van der Waals surface area contributed by atoms with Gasteiger partial charge in [-0.05, 0) is 37.1 Å². The maximum Gasteiger partial charge on any atom is 0.273 e. The second kappa shape index (κ2) is 10.1. The Kier molecular flexibility index (Phi) is 6.33. The molecule has 11 nitrogen and oxygen atoms in total. The summed E-state index contributed by atoms with van der Waals surface area (Å²) < 4.78 is 1.88. The molecule has 5 heterocycles. The zero-order valence-electron chi connectivity index (χ0n) is 20.5. The number of nitrogen functional groups attached to an aromatic ring is 1. The number of carbonyl (C=O) groups excluding carboxylic acids is 2. The number of likely N-dealkylation sites (tertiary alicyclic amines) is 1. The lowest BCUT2D eigenvalue weighted by molar-refractivity contribution is 0.0723. The van der Waals surface area contributed by atoms with Gasteiger partial charge in [-0.15, -0.1) is 0 Å². The van der Waals surface area contributed by atoms with Crippen molar-refractivity contribution < 1.29 is 9.59 Å². The Bertz CT molecular complexity index is 1690. The molecule has 4 aromatic heterocycles. The molecule has 2 amide bonds. The summed E-state index contributed by atoms with van der Waals surface area (Å²) in [5, 5.41) is 2.98. The largest absolute Gasteiger partial charge is 0.382 e. The van der Waals surface area contributed by atoms with Gasteiger partial charge < -0.3 is 16.0 Å². The molecule has 1 atom stereocenters. The smallest absolute Gasteiger partial charge is 0.273 e. The summed E-state index contributed by atoms with van der Waals surface area (Å²) in [5.41, 5.74) is 9.00. The van der Waals surface area contributed by atoms with Crippen molar-refractivity contribution in [3.8, 4) is 11.3 Å². The molecule has 0 saturated carbocycles. The second-order valence-corrected chi connectivity index (χ2v) is 9.37. The van der Waals surface area contributed by atoms with Crippen LogP contribution in [0, 0.1) is 0 Å². The first-order valence-corrected chi connectivity index (χ1v) is 12.6. The number of imidazole rings is 1. The number of rotatable bonds is 5. The van der Waals surface area contributed by atoms with Gasteiger partial charge in [-0.25, -0.2) is 24.9 Å². The average molecular weight is 540 g/mol. The topological polar surface area (TPSA) is 144 Å². The zero-order chi connectivity index (χ0) is 26.9. The van der Waals surface area contributed by atoms with E-state index in [0.717, 1.165) is 18.4 Å². The Hall–Kier alpha value is -4.90. The molecule has 194 valence electrons. The van der Waals surface area contributed by atoms with Crippen molar-refractivity contribution in [2.24, 2.45) is 0 Å². The maximum atomic E-state index is 13.4. The third-order valence-corrected chi connectivity index (χ3v) is 6.81. The van der Waals surface area contributed by atoms with Crippen LogP contribution in [-0.2, 0) is 0 Å². The van der Waals surface area contributed by atoms with Gasteiger partial charge in [0.15, 0.2) is 0 Å². The molecule has 1 fully saturated rings. The van der Waals surface area contributed by atoms with Crippen LogP contribution in [0.2, 0.25) is 5.15 Å². The number of amides is 2. The average Bonchev–Trinajstić information content (AvgIpc) is 3.59. The zero-order valence-corrected chi connectivity index (χ0v) is 21.3. The van der Waals surface area contributed by atoms with Crippen molar-refractivity contribution in [2.45, 2.75) is 18.9 Å². The van der Waals surface area contributed by atoms with Crippen LogP contribution in [0.5, 0.6) is 0 Å². The van der Waals surface area contributed by atoms with Crippen molar-refractivity contribution in [3.05, 3.63) is 95.7 Å². The molecule has 0 spiro atoms. The molecule has 0 radical (unpaired) electrons. The Morgan fingerprint density at radius 1 is 1.03 bits per heavy atom. The molecular weight excluding hydrogens is 518 g/mol. The van der Waals surface area contributed by atoms with Crippen molar-refractivity contribution in [3.63, 3.8) is 0 Å². The van der Waals surface area contributed by atoms with E-state index in [1.165, 1.54) is 12.4 Å². The third-order valence-electron chi connectivity index (χ3n) is 6.60. The van der Waals surface area contributed by atoms with E-state index in [0.29, 0.717) is 40.8 Å². The maximum absolute atomic E-state index is 13.4. The van der Waals surface area contributed by atoms with E-state index in [-0.39, 0.29) is 28.7 Å². The van der Waals surface area contributed by atoms with Gasteiger partial charge in [0.1, 0.15) is 45.8 Å². The van der Waals surface area contributed by atoms with Crippen LogP contribution in [0.4, 0.5) is 11.6 Å². The number of pyridine rings is 1. The molecule has 39 heavy (non-hydrogen) atoms. The summed E-state index contributed by atoms with van der Waals surface area (Å²) in [7, 11) is 0. The lowest BCUT2D eigenvalue weighted by Crippen LogP contribution is -2.32. The second-order valence-electron chi connectivity index (χ2n) is 8.98. The quantitative estimate of drug-likeness (QED) is 0.318. The highest BCUT2D eigenvalue weighted by molar-refractivity contribution is 6.29. The van der Waals surface area contributed by atoms with E-state index in [4.69, 9.17) is 22.3 Å². The van der Waals surface area contributed by atoms with Gasteiger partial charge in [0.25, 0.3) is 11.8 Å². The van der Waals surface area contributed by atoms with Gasteiger partial charge in [-0.1, -0.05) is 29.8 Å². The van der Waals surface area contributed by atoms with Crippen molar-refractivity contribution in [2.75, 3.05) is 17.6 Å². The minimum Gasteiger partial charge on any atom is -0.382 e. The lowest BCUT2D eigenvalue weighted by Gasteiger charge is -2.23. The number of benzene rings is 1. The van der Waals surface area contributed by atoms with Crippen LogP contribution in [-0.4, -0.2) is 52.6 Å². The molecule has 6 rings (SSSR count). The fourth-order valence-electron chi connectivity index (χ4n) is 4.80. The van der Waals surface area contributed by atoms with Gasteiger partial charge >= 0.3 is 0 Å². The van der Waals surface area contributed by atoms with E-state index in [2.05, 4.69) is 25.3 Å². The highest BCUT2D eigenvalue weighted by atomic mass is 35.5. The molecule has 0 bridgehead atoms. The van der Waals surface area contributed by atoms with Crippen LogP contribution in [0.1, 0.15) is 45.6 Å². The molecule has 1 saturated heterocycles. The van der Waals surface area contributed by atoms with Gasteiger partial charge in [-0.3, -0.25) is 14.0 Å². The van der Waals surface area contributed by atoms with E-state index < -0.39 is 0 Å². The van der Waals surface area contributed by atoms with Gasteiger partial charge in [0, 0.05) is 42.3 Å². The van der Waals surface area contributed by atoms with Crippen LogP contribution in [0.3, 0.4) is 0 Å². The Balaban J connectivity index is 1.35. The fraction of sp³-hybridized carbons (Fsp3) is 0.148. The lowest BCUT2D eigenvalue weighted by atomic mass is 10.1. The normalized spacial score (nSPS) is 15.0. The Morgan fingerprint density at radius 2 is 1.87 bits per heavy atom. The van der Waals surface area contributed by atoms with Gasteiger partial charge in [0.2, 0.25) is 0 Å². The summed E-state index contributed by atoms with van der Waals surface area (Å²) >= 11 is 6.00. The number of anilines is 2. The van der Waals surface area contributed by atoms with Crippen LogP contribution >= 0.6 is 11.6 Å². The highest BCUT2D eigenvalue weighted by Gasteiger charge is 2.35. The third kappa shape index (κ3) is 4.64. The SMILES string of the molecule is Nc1nccn2c([C@@H]3CCCN3C(=O)c3cc(Cl)ncn3)nc(-c3ccc(C(=O)Nc4ccccn4)cc3)c12. The Morgan fingerprint density at radius 3 is 2.64 bits per heavy atom. The van der Waals surface area contributed by atoms with E-state index in [9.17, 15) is 9.59 Å². The molecular formula is C27H22ClN9O2. The first-order chi connectivity index (χ1) is 19.0. The molecule has 1 aromatic carbocycles. The van der Waals surface area contributed by atoms with Crippen LogP contribution in [0.25, 0.3) is 16.8 Å².